The van der Waals surface area contributed by atoms with Crippen LogP contribution >= 0.6 is 11.8 Å². The lowest BCUT2D eigenvalue weighted by Crippen LogP contribution is -2.40. The third-order valence-corrected chi connectivity index (χ3v) is 2.57. The molecular formula is C8H13F3N2O3S. The molecule has 0 spiro atoms. The molecule has 0 aliphatic rings. The quantitative estimate of drug-likeness (QED) is 0.552. The second kappa shape index (κ2) is 7.38. The molecule has 0 aromatic carbocycles. The number of amides is 2. The van der Waals surface area contributed by atoms with Crippen molar-refractivity contribution >= 4 is 23.6 Å². The van der Waals surface area contributed by atoms with Crippen molar-refractivity contribution in [3.8, 4) is 0 Å². The predicted molar refractivity (Wildman–Crippen MR) is 56.2 cm³/mol. The Hall–Kier alpha value is -0.960. The van der Waals surface area contributed by atoms with E-state index in [0.29, 0.717) is 0 Å². The number of hydrogen-bond acceptors (Lipinski definition) is 4. The van der Waals surface area contributed by atoms with Gasteiger partial charge >= 0.3 is 6.18 Å². The van der Waals surface area contributed by atoms with Crippen LogP contribution in [0, 0.1) is 0 Å². The topological polar surface area (TPSA) is 92.4 Å². The number of aliphatic hydroxyl groups is 1. The van der Waals surface area contributed by atoms with Crippen LogP contribution in [0.4, 0.5) is 13.2 Å². The summed E-state index contributed by atoms with van der Waals surface area (Å²) in [4.78, 5) is 21.3. The van der Waals surface area contributed by atoms with Crippen molar-refractivity contribution in [1.82, 2.24) is 5.32 Å². The van der Waals surface area contributed by atoms with E-state index in [4.69, 9.17) is 10.8 Å². The number of halogens is 3. The molecule has 0 aliphatic carbocycles. The van der Waals surface area contributed by atoms with Crippen molar-refractivity contribution in [2.75, 3.05) is 18.1 Å². The van der Waals surface area contributed by atoms with Gasteiger partial charge in [-0.3, -0.25) is 9.59 Å². The molecule has 1 unspecified atom stereocenters. The second-order valence-corrected chi connectivity index (χ2v) is 4.24. The number of thioether (sulfide) groups is 1. The molecule has 2 amide bonds. The highest BCUT2D eigenvalue weighted by Gasteiger charge is 2.38. The van der Waals surface area contributed by atoms with Gasteiger partial charge in [-0.05, 0) is 0 Å². The van der Waals surface area contributed by atoms with Gasteiger partial charge in [-0.25, -0.2) is 0 Å². The van der Waals surface area contributed by atoms with Crippen molar-refractivity contribution < 1.29 is 27.9 Å². The molecule has 5 nitrogen and oxygen atoms in total. The zero-order valence-electron chi connectivity index (χ0n) is 8.79. The van der Waals surface area contributed by atoms with Gasteiger partial charge in [-0.1, -0.05) is 0 Å². The van der Waals surface area contributed by atoms with Gasteiger partial charge in [-0.15, -0.1) is 0 Å². The molecule has 0 saturated heterocycles. The maximum atomic E-state index is 11.8. The first-order valence-corrected chi connectivity index (χ1v) is 5.76. The molecule has 17 heavy (non-hydrogen) atoms. The Labute approximate surface area is 99.9 Å². The van der Waals surface area contributed by atoms with Gasteiger partial charge in [-0.2, -0.15) is 24.9 Å². The summed E-state index contributed by atoms with van der Waals surface area (Å²) in [5.41, 5.74) is 4.84. The van der Waals surface area contributed by atoms with Gasteiger partial charge in [0, 0.05) is 12.2 Å². The minimum Gasteiger partial charge on any atom is -0.382 e. The maximum Gasteiger partial charge on any atom is 0.416 e. The highest BCUT2D eigenvalue weighted by Crippen LogP contribution is 2.19. The van der Waals surface area contributed by atoms with E-state index in [-0.39, 0.29) is 17.9 Å². The zero-order chi connectivity index (χ0) is 13.5. The van der Waals surface area contributed by atoms with Crippen LogP contribution in [-0.2, 0) is 9.59 Å². The summed E-state index contributed by atoms with van der Waals surface area (Å²) in [6.07, 6.45) is -7.35. The molecule has 9 heteroatoms. The largest absolute Gasteiger partial charge is 0.416 e. The van der Waals surface area contributed by atoms with Crippen molar-refractivity contribution in [2.45, 2.75) is 18.7 Å². The summed E-state index contributed by atoms with van der Waals surface area (Å²) in [5, 5.41) is 10.5. The normalized spacial score (nSPS) is 13.2. The Morgan fingerprint density at radius 2 is 2.00 bits per heavy atom. The molecule has 0 rings (SSSR count). The van der Waals surface area contributed by atoms with E-state index in [1.165, 1.54) is 0 Å². The fourth-order valence-electron chi connectivity index (χ4n) is 0.752. The zero-order valence-corrected chi connectivity index (χ0v) is 9.61. The van der Waals surface area contributed by atoms with Crippen molar-refractivity contribution in [1.29, 1.82) is 0 Å². The van der Waals surface area contributed by atoms with Crippen molar-refractivity contribution in [3.63, 3.8) is 0 Å². The smallest absolute Gasteiger partial charge is 0.382 e. The van der Waals surface area contributed by atoms with Gasteiger partial charge < -0.3 is 16.2 Å². The van der Waals surface area contributed by atoms with Gasteiger partial charge in [0.15, 0.2) is 6.10 Å². The van der Waals surface area contributed by atoms with Gasteiger partial charge in [0.2, 0.25) is 11.8 Å². The van der Waals surface area contributed by atoms with E-state index in [0.717, 1.165) is 11.8 Å². The Balaban J connectivity index is 3.63. The van der Waals surface area contributed by atoms with Crippen molar-refractivity contribution in [3.05, 3.63) is 0 Å². The van der Waals surface area contributed by atoms with Crippen LogP contribution in [0.1, 0.15) is 6.42 Å². The number of nitrogens with two attached hydrogens (primary N) is 1. The number of alkyl halides is 3. The van der Waals surface area contributed by atoms with Crippen LogP contribution in [0.15, 0.2) is 0 Å². The standard InChI is InChI=1S/C8H13F3N2O3S/c9-8(10,11)5(14)3-13-7(16)1-2-17-4-6(12)15/h5,14H,1-4H2,(H2,12,15)(H,13,16). The van der Waals surface area contributed by atoms with Crippen LogP contribution in [0.25, 0.3) is 0 Å². The number of primary amides is 1. The summed E-state index contributed by atoms with van der Waals surface area (Å²) >= 11 is 1.11. The average Bonchev–Trinajstić information content (AvgIpc) is 2.19. The Morgan fingerprint density at radius 1 is 1.41 bits per heavy atom. The number of hydrogen-bond donors (Lipinski definition) is 3. The molecule has 0 aliphatic heterocycles. The van der Waals surface area contributed by atoms with Gasteiger partial charge in [0.25, 0.3) is 0 Å². The third-order valence-electron chi connectivity index (χ3n) is 1.59. The first kappa shape index (κ1) is 16.0. The summed E-state index contributed by atoms with van der Waals surface area (Å²) in [5.74, 6) is -0.816. The molecule has 0 saturated carbocycles. The molecule has 0 fully saturated rings. The first-order valence-electron chi connectivity index (χ1n) is 4.61. The molecule has 4 N–H and O–H groups in total. The third kappa shape index (κ3) is 8.81. The molecule has 0 heterocycles. The number of carbonyl (C=O) groups excluding carboxylic acids is 2. The summed E-state index contributed by atoms with van der Waals surface area (Å²) < 4.78 is 35.5. The van der Waals surface area contributed by atoms with E-state index < -0.39 is 30.6 Å². The first-order chi connectivity index (χ1) is 7.73. The Bertz CT molecular complexity index is 273. The molecule has 0 radical (unpaired) electrons. The number of nitrogens with one attached hydrogen (secondary N) is 1. The van der Waals surface area contributed by atoms with Crippen LogP contribution in [0.3, 0.4) is 0 Å². The van der Waals surface area contributed by atoms with Crippen molar-refractivity contribution in [2.24, 2.45) is 5.73 Å². The monoisotopic (exact) mass is 274 g/mol. The van der Waals surface area contributed by atoms with E-state index in [2.05, 4.69) is 0 Å². The lowest BCUT2D eigenvalue weighted by molar-refractivity contribution is -0.201. The van der Waals surface area contributed by atoms with E-state index >= 15 is 0 Å². The SMILES string of the molecule is NC(=O)CSCCC(=O)NCC(O)C(F)(F)F. The highest BCUT2D eigenvalue weighted by atomic mass is 32.2. The Kier molecular flexibility index (Phi) is 6.97. The lowest BCUT2D eigenvalue weighted by Gasteiger charge is -2.14. The van der Waals surface area contributed by atoms with Crippen LogP contribution in [0.2, 0.25) is 0 Å². The Morgan fingerprint density at radius 3 is 2.47 bits per heavy atom. The molecule has 0 bridgehead atoms. The van der Waals surface area contributed by atoms with Crippen LogP contribution < -0.4 is 11.1 Å². The number of carbonyl (C=O) groups is 2. The minimum absolute atomic E-state index is 0.0392. The summed E-state index contributed by atoms with van der Waals surface area (Å²) in [6.45, 7) is -0.872. The molecular weight excluding hydrogens is 261 g/mol. The fourth-order valence-corrected chi connectivity index (χ4v) is 1.43. The minimum atomic E-state index is -4.74. The van der Waals surface area contributed by atoms with Crippen LogP contribution in [0.5, 0.6) is 0 Å². The van der Waals surface area contributed by atoms with Crippen LogP contribution in [-0.4, -0.2) is 47.3 Å². The maximum absolute atomic E-state index is 11.8. The number of aliphatic hydroxyl groups excluding tert-OH is 1. The molecule has 100 valence electrons. The summed E-state index contributed by atoms with van der Waals surface area (Å²) in [7, 11) is 0. The molecule has 0 aromatic rings. The van der Waals surface area contributed by atoms with E-state index in [1.54, 1.807) is 0 Å². The number of rotatable bonds is 7. The highest BCUT2D eigenvalue weighted by molar-refractivity contribution is 7.99. The summed E-state index contributed by atoms with van der Waals surface area (Å²) in [6, 6.07) is 0. The predicted octanol–water partition coefficient (Wildman–Crippen LogP) is -0.366. The fraction of sp³-hybridized carbons (Fsp3) is 0.750. The molecule has 1 atom stereocenters. The second-order valence-electron chi connectivity index (χ2n) is 3.13. The van der Waals surface area contributed by atoms with E-state index in [9.17, 15) is 22.8 Å². The average molecular weight is 274 g/mol. The van der Waals surface area contributed by atoms with E-state index in [1.807, 2.05) is 5.32 Å². The molecule has 0 aromatic heterocycles. The lowest BCUT2D eigenvalue weighted by atomic mass is 10.3. The van der Waals surface area contributed by atoms with Gasteiger partial charge in [0.05, 0.1) is 12.3 Å². The van der Waals surface area contributed by atoms with Gasteiger partial charge in [0.1, 0.15) is 0 Å².